The van der Waals surface area contributed by atoms with Crippen LogP contribution >= 0.6 is 11.8 Å². The van der Waals surface area contributed by atoms with Crippen molar-refractivity contribution in [2.45, 2.75) is 28.1 Å². The third kappa shape index (κ3) is 1.77. The molecule has 0 saturated carbocycles. The molecule has 0 bridgehead atoms. The fraction of sp³-hybridized carbons (Fsp3) is 0.417. The van der Waals surface area contributed by atoms with E-state index in [4.69, 9.17) is 4.74 Å². The van der Waals surface area contributed by atoms with Crippen LogP contribution in [-0.4, -0.2) is 56.3 Å². The maximum Gasteiger partial charge on any atom is 0.296 e. The normalized spacial score (nSPS) is 37.1. The summed E-state index contributed by atoms with van der Waals surface area (Å²) >= 11 is 0.911. The van der Waals surface area contributed by atoms with Gasteiger partial charge in [0.2, 0.25) is 4.93 Å². The van der Waals surface area contributed by atoms with E-state index in [1.807, 2.05) is 0 Å². The summed E-state index contributed by atoms with van der Waals surface area (Å²) in [5.74, 6) is -0.889. The predicted molar refractivity (Wildman–Crippen MR) is 68.3 cm³/mol. The summed E-state index contributed by atoms with van der Waals surface area (Å²) in [7, 11) is 0. The molecule has 4 unspecified atom stereocenters. The summed E-state index contributed by atoms with van der Waals surface area (Å²) in [6.07, 6.45) is -4.47. The van der Waals surface area contributed by atoms with Crippen LogP contribution in [0.15, 0.2) is 29.2 Å². The van der Waals surface area contributed by atoms with Crippen LogP contribution in [0, 0.1) is 0 Å². The van der Waals surface area contributed by atoms with E-state index in [2.05, 4.69) is 0 Å². The number of aliphatic hydroxyl groups excluding tert-OH is 3. The first-order valence-electron chi connectivity index (χ1n) is 5.97. The Labute approximate surface area is 118 Å². The van der Waals surface area contributed by atoms with Crippen LogP contribution in [0.5, 0.6) is 0 Å². The zero-order valence-electron chi connectivity index (χ0n) is 10.2. The van der Waals surface area contributed by atoms with Crippen molar-refractivity contribution in [1.82, 2.24) is 0 Å². The Kier molecular flexibility index (Phi) is 3.24. The van der Waals surface area contributed by atoms with Gasteiger partial charge in [-0.05, 0) is 12.1 Å². The molecule has 2 heterocycles. The number of hydroxylamine groups is 1. The summed E-state index contributed by atoms with van der Waals surface area (Å²) in [5.41, 5.74) is 0.282. The molecule has 0 aliphatic carbocycles. The van der Waals surface area contributed by atoms with Crippen LogP contribution < -0.4 is 5.06 Å². The van der Waals surface area contributed by atoms with E-state index in [9.17, 15) is 25.3 Å². The molecule has 1 amide bonds. The number of hydrogen-bond acceptors (Lipinski definition) is 7. The van der Waals surface area contributed by atoms with Crippen LogP contribution in [0.4, 0.5) is 5.69 Å². The second-order valence-electron chi connectivity index (χ2n) is 4.67. The highest BCUT2D eigenvalue weighted by Crippen LogP contribution is 2.49. The molecule has 20 heavy (non-hydrogen) atoms. The quantitative estimate of drug-likeness (QED) is 0.470. The predicted octanol–water partition coefficient (Wildman–Crippen LogP) is -0.676. The molecular formula is C12H13NO6S. The molecule has 4 atom stereocenters. The van der Waals surface area contributed by atoms with Gasteiger partial charge in [0.05, 0.1) is 12.3 Å². The van der Waals surface area contributed by atoms with Crippen molar-refractivity contribution in [3.05, 3.63) is 24.3 Å². The molecule has 2 aliphatic heterocycles. The van der Waals surface area contributed by atoms with Gasteiger partial charge in [-0.25, -0.2) is 0 Å². The van der Waals surface area contributed by atoms with Crippen LogP contribution in [0.25, 0.3) is 0 Å². The van der Waals surface area contributed by atoms with E-state index in [1.54, 1.807) is 24.3 Å². The van der Waals surface area contributed by atoms with Gasteiger partial charge in [-0.15, -0.1) is 0 Å². The molecule has 8 heteroatoms. The molecule has 4 N–H and O–H groups in total. The van der Waals surface area contributed by atoms with Gasteiger partial charge in [-0.2, -0.15) is 5.06 Å². The number of carbonyl (C=O) groups is 1. The van der Waals surface area contributed by atoms with Crippen molar-refractivity contribution in [3.63, 3.8) is 0 Å². The van der Waals surface area contributed by atoms with E-state index < -0.39 is 29.2 Å². The highest BCUT2D eigenvalue weighted by Gasteiger charge is 2.59. The lowest BCUT2D eigenvalue weighted by Crippen LogP contribution is -2.66. The molecule has 3 rings (SSSR count). The molecule has 7 nitrogen and oxygen atoms in total. The lowest BCUT2D eigenvalue weighted by atomic mass is 9.98. The van der Waals surface area contributed by atoms with Gasteiger partial charge < -0.3 is 20.1 Å². The Hall–Kier alpha value is -1.16. The Morgan fingerprint density at radius 3 is 2.75 bits per heavy atom. The lowest BCUT2D eigenvalue weighted by Gasteiger charge is -2.46. The minimum atomic E-state index is -1.86. The Morgan fingerprint density at radius 1 is 1.30 bits per heavy atom. The molecular weight excluding hydrogens is 286 g/mol. The summed E-state index contributed by atoms with van der Waals surface area (Å²) in [6.45, 7) is -0.313. The van der Waals surface area contributed by atoms with Gasteiger partial charge >= 0.3 is 0 Å². The van der Waals surface area contributed by atoms with Gasteiger partial charge in [0.25, 0.3) is 5.91 Å². The number of aliphatic hydroxyl groups is 3. The van der Waals surface area contributed by atoms with Crippen molar-refractivity contribution >= 4 is 23.4 Å². The van der Waals surface area contributed by atoms with Gasteiger partial charge in [0.1, 0.15) is 18.3 Å². The number of thioether (sulfide) groups is 1. The van der Waals surface area contributed by atoms with Crippen molar-refractivity contribution < 1.29 is 30.1 Å². The van der Waals surface area contributed by atoms with Crippen molar-refractivity contribution in [2.24, 2.45) is 0 Å². The first-order chi connectivity index (χ1) is 9.47. The highest BCUT2D eigenvalue weighted by molar-refractivity contribution is 8.01. The number of benzene rings is 1. The van der Waals surface area contributed by atoms with Crippen LogP contribution in [0.1, 0.15) is 0 Å². The van der Waals surface area contributed by atoms with Crippen molar-refractivity contribution in [3.8, 4) is 0 Å². The number of ether oxygens (including phenoxy) is 1. The highest BCUT2D eigenvalue weighted by atomic mass is 32.2. The standard InChI is InChI=1S/C12H13NO6S/c14-7-5-19-12(10(16)9(7)15)11(17)13(18)6-3-1-2-4-8(6)20-12/h1-4,7,9-10,14-16,18H,5H2. The zero-order valence-corrected chi connectivity index (χ0v) is 11.0. The molecule has 1 saturated heterocycles. The summed E-state index contributed by atoms with van der Waals surface area (Å²) in [6, 6.07) is 6.58. The maximum absolute atomic E-state index is 12.3. The molecule has 0 radical (unpaired) electrons. The van der Waals surface area contributed by atoms with E-state index in [0.29, 0.717) is 9.96 Å². The SMILES string of the molecule is O=C1N(O)c2ccccc2SC12OCC(O)C(O)C2O. The number of anilines is 1. The fourth-order valence-electron chi connectivity index (χ4n) is 2.29. The van der Waals surface area contributed by atoms with E-state index in [-0.39, 0.29) is 12.3 Å². The molecule has 108 valence electrons. The Bertz CT molecular complexity index is 555. The van der Waals surface area contributed by atoms with Crippen LogP contribution in [0.2, 0.25) is 0 Å². The minimum Gasteiger partial charge on any atom is -0.388 e. The number of rotatable bonds is 0. The van der Waals surface area contributed by atoms with Gasteiger partial charge in [0, 0.05) is 4.90 Å². The van der Waals surface area contributed by atoms with E-state index in [0.717, 1.165) is 11.8 Å². The van der Waals surface area contributed by atoms with Crippen molar-refractivity contribution in [1.29, 1.82) is 0 Å². The maximum atomic E-state index is 12.3. The third-order valence-electron chi connectivity index (χ3n) is 3.42. The van der Waals surface area contributed by atoms with Gasteiger partial charge in [-0.1, -0.05) is 23.9 Å². The summed E-state index contributed by atoms with van der Waals surface area (Å²) in [5, 5.41) is 39.7. The van der Waals surface area contributed by atoms with Crippen LogP contribution in [0.3, 0.4) is 0 Å². The average molecular weight is 299 g/mol. The smallest absolute Gasteiger partial charge is 0.296 e. The largest absolute Gasteiger partial charge is 0.388 e. The van der Waals surface area contributed by atoms with Gasteiger partial charge in [-0.3, -0.25) is 10.0 Å². The number of amides is 1. The topological polar surface area (TPSA) is 110 Å². The summed E-state index contributed by atoms with van der Waals surface area (Å²) < 4.78 is 5.29. The molecule has 1 fully saturated rings. The number of para-hydroxylation sites is 1. The van der Waals surface area contributed by atoms with Gasteiger partial charge in [0.15, 0.2) is 0 Å². The molecule has 1 aromatic carbocycles. The van der Waals surface area contributed by atoms with Crippen LogP contribution in [-0.2, 0) is 9.53 Å². The zero-order chi connectivity index (χ0) is 14.5. The monoisotopic (exact) mass is 299 g/mol. The molecule has 2 aliphatic rings. The third-order valence-corrected chi connectivity index (χ3v) is 4.82. The second-order valence-corrected chi connectivity index (χ2v) is 5.92. The molecule has 1 aromatic rings. The Balaban J connectivity index is 2.05. The average Bonchev–Trinajstić information content (AvgIpc) is 2.46. The van der Waals surface area contributed by atoms with E-state index in [1.165, 1.54) is 0 Å². The summed E-state index contributed by atoms with van der Waals surface area (Å²) in [4.78, 5) is 11.0. The number of carbonyl (C=O) groups excluding carboxylic acids is 1. The second kappa shape index (κ2) is 4.69. The fourth-order valence-corrected chi connectivity index (χ4v) is 3.58. The van der Waals surface area contributed by atoms with Crippen molar-refractivity contribution in [2.75, 3.05) is 11.7 Å². The molecule has 0 aromatic heterocycles. The minimum absolute atomic E-state index is 0.282. The lowest BCUT2D eigenvalue weighted by molar-refractivity contribution is -0.204. The van der Waals surface area contributed by atoms with E-state index >= 15 is 0 Å². The first kappa shape index (κ1) is 13.8. The number of hydrogen-bond donors (Lipinski definition) is 4. The Morgan fingerprint density at radius 2 is 2.00 bits per heavy atom. The number of fused-ring (bicyclic) bond motifs is 1. The number of nitrogens with zero attached hydrogens (tertiary/aromatic N) is 1. The molecule has 1 spiro atoms. The first-order valence-corrected chi connectivity index (χ1v) is 6.78.